The van der Waals surface area contributed by atoms with Gasteiger partial charge in [0, 0.05) is 10.5 Å². The molecule has 0 heterocycles. The molecule has 21 heavy (non-hydrogen) atoms. The lowest BCUT2D eigenvalue weighted by Gasteiger charge is -2.28. The number of anilines is 1. The summed E-state index contributed by atoms with van der Waals surface area (Å²) in [7, 11) is -3.55. The first kappa shape index (κ1) is 16.8. The molecule has 1 aliphatic carbocycles. The van der Waals surface area contributed by atoms with Gasteiger partial charge in [0.05, 0.1) is 5.69 Å². The zero-order valence-corrected chi connectivity index (χ0v) is 14.7. The maximum Gasteiger partial charge on any atom is 0.242 e. The first-order valence-corrected chi connectivity index (χ1v) is 9.77. The van der Waals surface area contributed by atoms with Gasteiger partial charge in [-0.15, -0.1) is 0 Å². The van der Waals surface area contributed by atoms with Gasteiger partial charge in [0.1, 0.15) is 4.90 Å². The number of nitrogen functional groups attached to an aromatic ring is 1. The van der Waals surface area contributed by atoms with E-state index in [9.17, 15) is 8.42 Å². The normalized spacial score (nSPS) is 23.1. The van der Waals surface area contributed by atoms with E-state index in [2.05, 4.69) is 27.6 Å². The fourth-order valence-corrected chi connectivity index (χ4v) is 4.98. The maximum atomic E-state index is 12.5. The number of halogens is 1. The first-order valence-electron chi connectivity index (χ1n) is 7.49. The minimum absolute atomic E-state index is 0.0292. The topological polar surface area (TPSA) is 72.2 Å². The number of rotatable bonds is 5. The van der Waals surface area contributed by atoms with Crippen LogP contribution in [0, 0.1) is 5.92 Å². The molecule has 0 atom stereocenters. The molecule has 0 radical (unpaired) electrons. The molecule has 3 N–H and O–H groups in total. The molecule has 1 aromatic carbocycles. The van der Waals surface area contributed by atoms with E-state index in [4.69, 9.17) is 5.73 Å². The lowest BCUT2D eigenvalue weighted by Crippen LogP contribution is -2.37. The molecular weight excluding hydrogens is 352 g/mol. The smallest absolute Gasteiger partial charge is 0.242 e. The summed E-state index contributed by atoms with van der Waals surface area (Å²) in [5.74, 6) is 0.756. The molecule has 118 valence electrons. The van der Waals surface area contributed by atoms with E-state index in [-0.39, 0.29) is 16.6 Å². The van der Waals surface area contributed by atoms with Gasteiger partial charge >= 0.3 is 0 Å². The summed E-state index contributed by atoms with van der Waals surface area (Å²) < 4.78 is 28.5. The van der Waals surface area contributed by atoms with Gasteiger partial charge in [0.2, 0.25) is 10.0 Å². The number of nitrogens with two attached hydrogens (primary N) is 1. The van der Waals surface area contributed by atoms with Crippen molar-refractivity contribution in [3.8, 4) is 0 Å². The molecule has 0 aromatic heterocycles. The summed E-state index contributed by atoms with van der Waals surface area (Å²) in [6.07, 6.45) is 6.49. The molecule has 1 aliphatic rings. The van der Waals surface area contributed by atoms with E-state index in [0.29, 0.717) is 4.47 Å². The Morgan fingerprint density at radius 1 is 1.29 bits per heavy atom. The Hall–Kier alpha value is -0.590. The average molecular weight is 375 g/mol. The van der Waals surface area contributed by atoms with E-state index in [1.165, 1.54) is 12.8 Å². The van der Waals surface area contributed by atoms with Gasteiger partial charge in [-0.25, -0.2) is 13.1 Å². The van der Waals surface area contributed by atoms with Gasteiger partial charge in [-0.2, -0.15) is 0 Å². The van der Waals surface area contributed by atoms with Crippen LogP contribution in [0.4, 0.5) is 5.69 Å². The maximum absolute atomic E-state index is 12.5. The minimum atomic E-state index is -3.55. The van der Waals surface area contributed by atoms with Crippen LogP contribution in [0.3, 0.4) is 0 Å². The van der Waals surface area contributed by atoms with Crippen molar-refractivity contribution >= 4 is 31.6 Å². The Morgan fingerprint density at radius 3 is 2.57 bits per heavy atom. The van der Waals surface area contributed by atoms with Crippen molar-refractivity contribution < 1.29 is 8.42 Å². The summed E-state index contributed by atoms with van der Waals surface area (Å²) in [6, 6.07) is 4.93. The Kier molecular flexibility index (Phi) is 5.68. The summed E-state index contributed by atoms with van der Waals surface area (Å²) in [5.41, 5.74) is 6.09. The number of sulfonamides is 1. The minimum Gasteiger partial charge on any atom is -0.398 e. The van der Waals surface area contributed by atoms with Crippen LogP contribution in [0.5, 0.6) is 0 Å². The number of hydrogen-bond donors (Lipinski definition) is 2. The standard InChI is InChI=1S/C15H23BrN2O2S/c1-2-3-11-4-7-13(8-5-11)18-21(19,20)15-10-12(16)6-9-14(15)17/h6,9-11,13,18H,2-5,7-8,17H2,1H3. The zero-order valence-electron chi connectivity index (χ0n) is 12.3. The molecule has 0 bridgehead atoms. The zero-order chi connectivity index (χ0) is 15.5. The van der Waals surface area contributed by atoms with Crippen LogP contribution >= 0.6 is 15.9 Å². The molecule has 1 saturated carbocycles. The second-order valence-electron chi connectivity index (χ2n) is 5.81. The van der Waals surface area contributed by atoms with Gasteiger partial charge in [-0.1, -0.05) is 35.7 Å². The van der Waals surface area contributed by atoms with Gasteiger partial charge < -0.3 is 5.73 Å². The van der Waals surface area contributed by atoms with Crippen LogP contribution in [0.25, 0.3) is 0 Å². The van der Waals surface area contributed by atoms with E-state index in [1.807, 2.05) is 0 Å². The summed E-state index contributed by atoms with van der Waals surface area (Å²) in [5, 5.41) is 0. The summed E-state index contributed by atoms with van der Waals surface area (Å²) in [4.78, 5) is 0.160. The van der Waals surface area contributed by atoms with Crippen LogP contribution in [-0.2, 0) is 10.0 Å². The van der Waals surface area contributed by atoms with E-state index in [0.717, 1.165) is 31.6 Å². The van der Waals surface area contributed by atoms with Gasteiger partial charge in [-0.3, -0.25) is 0 Å². The predicted molar refractivity (Wildman–Crippen MR) is 89.5 cm³/mol. The second kappa shape index (κ2) is 7.11. The molecule has 0 amide bonds. The third-order valence-corrected chi connectivity index (χ3v) is 6.20. The number of hydrogen-bond acceptors (Lipinski definition) is 3. The van der Waals surface area contributed by atoms with E-state index in [1.54, 1.807) is 18.2 Å². The van der Waals surface area contributed by atoms with Crippen molar-refractivity contribution in [2.24, 2.45) is 5.92 Å². The fourth-order valence-electron chi connectivity index (χ4n) is 3.00. The van der Waals surface area contributed by atoms with Crippen molar-refractivity contribution in [1.82, 2.24) is 4.72 Å². The van der Waals surface area contributed by atoms with Crippen LogP contribution in [0.15, 0.2) is 27.6 Å². The van der Waals surface area contributed by atoms with Crippen molar-refractivity contribution in [1.29, 1.82) is 0 Å². The van der Waals surface area contributed by atoms with Crippen molar-refractivity contribution in [2.45, 2.75) is 56.4 Å². The highest BCUT2D eigenvalue weighted by atomic mass is 79.9. The highest BCUT2D eigenvalue weighted by Crippen LogP contribution is 2.29. The van der Waals surface area contributed by atoms with Crippen molar-refractivity contribution in [2.75, 3.05) is 5.73 Å². The average Bonchev–Trinajstić information content (AvgIpc) is 2.43. The molecule has 0 spiro atoms. The summed E-state index contributed by atoms with van der Waals surface area (Å²) >= 11 is 3.29. The number of benzene rings is 1. The lowest BCUT2D eigenvalue weighted by atomic mass is 9.84. The number of nitrogens with one attached hydrogen (secondary N) is 1. The lowest BCUT2D eigenvalue weighted by molar-refractivity contribution is 0.297. The molecule has 0 unspecified atom stereocenters. The molecular formula is C15H23BrN2O2S. The Balaban J connectivity index is 2.04. The van der Waals surface area contributed by atoms with Gasteiger partial charge in [-0.05, 0) is 49.8 Å². The third kappa shape index (κ3) is 4.44. The summed E-state index contributed by atoms with van der Waals surface area (Å²) in [6.45, 7) is 2.20. The molecule has 2 rings (SSSR count). The fraction of sp³-hybridized carbons (Fsp3) is 0.600. The van der Waals surface area contributed by atoms with Crippen LogP contribution < -0.4 is 10.5 Å². The second-order valence-corrected chi connectivity index (χ2v) is 8.41. The largest absolute Gasteiger partial charge is 0.398 e. The van der Waals surface area contributed by atoms with Crippen LogP contribution in [-0.4, -0.2) is 14.5 Å². The monoisotopic (exact) mass is 374 g/mol. The highest BCUT2D eigenvalue weighted by molar-refractivity contribution is 9.10. The predicted octanol–water partition coefficient (Wildman–Crippen LogP) is 3.67. The molecule has 1 fully saturated rings. The Morgan fingerprint density at radius 2 is 1.95 bits per heavy atom. The highest BCUT2D eigenvalue weighted by Gasteiger charge is 2.26. The van der Waals surface area contributed by atoms with Gasteiger partial charge in [0.15, 0.2) is 0 Å². The molecule has 6 heteroatoms. The molecule has 1 aromatic rings. The van der Waals surface area contributed by atoms with Crippen LogP contribution in [0.2, 0.25) is 0 Å². The van der Waals surface area contributed by atoms with Crippen LogP contribution in [0.1, 0.15) is 45.4 Å². The van der Waals surface area contributed by atoms with Crippen molar-refractivity contribution in [3.63, 3.8) is 0 Å². The molecule has 0 aliphatic heterocycles. The Labute approximate surface area is 135 Å². The Bertz CT molecular complexity index is 581. The third-order valence-electron chi connectivity index (χ3n) is 4.13. The van der Waals surface area contributed by atoms with E-state index < -0.39 is 10.0 Å². The molecule has 4 nitrogen and oxygen atoms in total. The van der Waals surface area contributed by atoms with E-state index >= 15 is 0 Å². The molecule has 0 saturated heterocycles. The SMILES string of the molecule is CCCC1CCC(NS(=O)(=O)c2cc(Br)ccc2N)CC1. The quantitative estimate of drug-likeness (QED) is 0.772. The first-order chi connectivity index (χ1) is 9.92. The van der Waals surface area contributed by atoms with Gasteiger partial charge in [0.25, 0.3) is 0 Å². The van der Waals surface area contributed by atoms with Crippen molar-refractivity contribution in [3.05, 3.63) is 22.7 Å².